The van der Waals surface area contributed by atoms with Crippen molar-refractivity contribution in [2.75, 3.05) is 26.2 Å². The molecule has 0 bridgehead atoms. The van der Waals surface area contributed by atoms with Gasteiger partial charge in [-0.3, -0.25) is 4.79 Å². The maximum atomic E-state index is 10.7. The fourth-order valence-electron chi connectivity index (χ4n) is 0.901. The molecule has 0 saturated heterocycles. The monoisotopic (exact) mass is 172 g/mol. The number of esters is 1. The number of ether oxygens (including phenoxy) is 1. The molecule has 71 valence electrons. The normalized spacial score (nSPS) is 10.3. The van der Waals surface area contributed by atoms with Gasteiger partial charge in [-0.15, -0.1) is 0 Å². The first-order valence-corrected chi connectivity index (χ1v) is 4.41. The molecule has 0 rings (SSSR count). The first-order chi connectivity index (χ1) is 5.74. The average molecular weight is 172 g/mol. The predicted molar refractivity (Wildman–Crippen MR) is 48.7 cm³/mol. The van der Waals surface area contributed by atoms with Crippen molar-refractivity contribution < 1.29 is 9.53 Å². The molecule has 0 fully saturated rings. The Kier molecular flexibility index (Phi) is 6.76. The van der Waals surface area contributed by atoms with E-state index in [1.807, 2.05) is 0 Å². The van der Waals surface area contributed by atoms with E-state index in [0.29, 0.717) is 6.61 Å². The molecule has 0 aliphatic heterocycles. The third-order valence-corrected chi connectivity index (χ3v) is 1.77. The third kappa shape index (κ3) is 5.13. The van der Waals surface area contributed by atoms with Crippen LogP contribution < -0.4 is 0 Å². The van der Waals surface area contributed by atoms with Crippen molar-refractivity contribution in [1.82, 2.24) is 4.90 Å². The van der Waals surface area contributed by atoms with Crippen LogP contribution in [0.25, 0.3) is 0 Å². The van der Waals surface area contributed by atoms with Gasteiger partial charge in [0.15, 0.2) is 0 Å². The van der Waals surface area contributed by atoms with Gasteiger partial charge >= 0.3 is 5.97 Å². The van der Waals surface area contributed by atoms with E-state index in [9.17, 15) is 4.79 Å². The molecule has 0 saturated carbocycles. The van der Waals surface area contributed by atoms with E-state index in [2.05, 4.69) is 25.7 Å². The highest BCUT2D eigenvalue weighted by molar-refractivity contribution is 5.69. The number of hydrogen-bond acceptors (Lipinski definition) is 3. The van der Waals surface area contributed by atoms with Crippen LogP contribution in [0.3, 0.4) is 0 Å². The van der Waals surface area contributed by atoms with Gasteiger partial charge in [0.1, 0.15) is 6.61 Å². The summed E-state index contributed by atoms with van der Waals surface area (Å²) >= 11 is 0. The Bertz CT molecular complexity index is 122. The SMILES string of the molecule is [CH2]CC(=O)OCCN(CC)CC. The lowest BCUT2D eigenvalue weighted by atomic mass is 10.5. The summed E-state index contributed by atoms with van der Waals surface area (Å²) in [5.74, 6) is -0.220. The summed E-state index contributed by atoms with van der Waals surface area (Å²) in [7, 11) is 0. The van der Waals surface area contributed by atoms with Crippen molar-refractivity contribution in [2.24, 2.45) is 0 Å². The second-order valence-corrected chi connectivity index (χ2v) is 2.50. The van der Waals surface area contributed by atoms with E-state index in [1.54, 1.807) is 0 Å². The van der Waals surface area contributed by atoms with E-state index in [4.69, 9.17) is 4.74 Å². The lowest BCUT2D eigenvalue weighted by Crippen LogP contribution is -2.27. The van der Waals surface area contributed by atoms with Gasteiger partial charge in [-0.1, -0.05) is 13.8 Å². The first-order valence-electron chi connectivity index (χ1n) is 4.41. The summed E-state index contributed by atoms with van der Waals surface area (Å²) in [4.78, 5) is 12.9. The van der Waals surface area contributed by atoms with Crippen LogP contribution >= 0.6 is 0 Å². The molecule has 0 aliphatic carbocycles. The van der Waals surface area contributed by atoms with Crippen molar-refractivity contribution in [3.05, 3.63) is 6.92 Å². The van der Waals surface area contributed by atoms with Gasteiger partial charge in [0.2, 0.25) is 0 Å². The Morgan fingerprint density at radius 3 is 2.42 bits per heavy atom. The minimum absolute atomic E-state index is 0.220. The molecule has 3 heteroatoms. The molecule has 0 N–H and O–H groups in total. The van der Waals surface area contributed by atoms with Crippen LogP contribution in [0.5, 0.6) is 0 Å². The van der Waals surface area contributed by atoms with E-state index in [1.165, 1.54) is 0 Å². The Morgan fingerprint density at radius 1 is 1.42 bits per heavy atom. The predicted octanol–water partition coefficient (Wildman–Crippen LogP) is 1.10. The van der Waals surface area contributed by atoms with Crippen LogP contribution in [0.2, 0.25) is 0 Å². The fourth-order valence-corrected chi connectivity index (χ4v) is 0.901. The molecule has 0 unspecified atom stereocenters. The zero-order valence-electron chi connectivity index (χ0n) is 8.01. The Hall–Kier alpha value is -0.570. The zero-order valence-corrected chi connectivity index (χ0v) is 8.01. The molecular formula is C9H18NO2. The molecule has 0 aromatic rings. The van der Waals surface area contributed by atoms with Gasteiger partial charge in [-0.05, 0) is 20.0 Å². The highest BCUT2D eigenvalue weighted by atomic mass is 16.5. The van der Waals surface area contributed by atoms with E-state index in [-0.39, 0.29) is 12.4 Å². The molecule has 0 amide bonds. The summed E-state index contributed by atoms with van der Waals surface area (Å²) in [5, 5.41) is 0. The van der Waals surface area contributed by atoms with Gasteiger partial charge in [0.25, 0.3) is 0 Å². The van der Waals surface area contributed by atoms with Crippen molar-refractivity contribution in [3.63, 3.8) is 0 Å². The van der Waals surface area contributed by atoms with Crippen LogP contribution in [0.1, 0.15) is 20.3 Å². The Morgan fingerprint density at radius 2 is 2.00 bits per heavy atom. The molecule has 0 aromatic carbocycles. The van der Waals surface area contributed by atoms with Crippen LogP contribution in [0, 0.1) is 6.92 Å². The molecule has 0 spiro atoms. The number of likely N-dealkylation sites (N-methyl/N-ethyl adjacent to an activating group) is 1. The van der Waals surface area contributed by atoms with E-state index < -0.39 is 0 Å². The van der Waals surface area contributed by atoms with Gasteiger partial charge < -0.3 is 9.64 Å². The molecule has 0 aliphatic rings. The molecule has 0 atom stereocenters. The summed E-state index contributed by atoms with van der Waals surface area (Å²) in [5.41, 5.74) is 0. The third-order valence-electron chi connectivity index (χ3n) is 1.77. The van der Waals surface area contributed by atoms with Crippen molar-refractivity contribution in [3.8, 4) is 0 Å². The molecule has 0 aromatic heterocycles. The Labute approximate surface area is 74.7 Å². The summed E-state index contributed by atoms with van der Waals surface area (Å²) in [6, 6.07) is 0. The minimum atomic E-state index is -0.220. The molecule has 1 radical (unpaired) electrons. The van der Waals surface area contributed by atoms with Crippen LogP contribution in [0.4, 0.5) is 0 Å². The second-order valence-electron chi connectivity index (χ2n) is 2.50. The van der Waals surface area contributed by atoms with Gasteiger partial charge in [-0.2, -0.15) is 0 Å². The average Bonchev–Trinajstić information content (AvgIpc) is 2.12. The number of carbonyl (C=O) groups excluding carboxylic acids is 1. The lowest BCUT2D eigenvalue weighted by Gasteiger charge is -2.17. The topological polar surface area (TPSA) is 29.5 Å². The minimum Gasteiger partial charge on any atom is -0.464 e. The number of hydrogen-bond donors (Lipinski definition) is 0. The van der Waals surface area contributed by atoms with Gasteiger partial charge in [0.05, 0.1) is 0 Å². The molecule has 0 heterocycles. The van der Waals surface area contributed by atoms with Crippen molar-refractivity contribution in [1.29, 1.82) is 0 Å². The Balaban J connectivity index is 3.34. The van der Waals surface area contributed by atoms with Crippen molar-refractivity contribution >= 4 is 5.97 Å². The zero-order chi connectivity index (χ0) is 9.40. The summed E-state index contributed by atoms with van der Waals surface area (Å²) < 4.78 is 4.88. The quantitative estimate of drug-likeness (QED) is 0.562. The van der Waals surface area contributed by atoms with Crippen LogP contribution in [0.15, 0.2) is 0 Å². The van der Waals surface area contributed by atoms with Crippen LogP contribution in [-0.2, 0) is 9.53 Å². The summed E-state index contributed by atoms with van der Waals surface area (Å²) in [6.45, 7) is 10.9. The van der Waals surface area contributed by atoms with Gasteiger partial charge in [0, 0.05) is 13.0 Å². The van der Waals surface area contributed by atoms with E-state index in [0.717, 1.165) is 19.6 Å². The lowest BCUT2D eigenvalue weighted by molar-refractivity contribution is -0.143. The maximum Gasteiger partial charge on any atom is 0.305 e. The smallest absolute Gasteiger partial charge is 0.305 e. The van der Waals surface area contributed by atoms with Gasteiger partial charge in [-0.25, -0.2) is 0 Å². The summed E-state index contributed by atoms with van der Waals surface area (Å²) in [6.07, 6.45) is 0.220. The molecular weight excluding hydrogens is 154 g/mol. The fraction of sp³-hybridized carbons (Fsp3) is 0.778. The molecule has 12 heavy (non-hydrogen) atoms. The van der Waals surface area contributed by atoms with E-state index >= 15 is 0 Å². The highest BCUT2D eigenvalue weighted by Crippen LogP contribution is 1.88. The first kappa shape index (κ1) is 11.4. The number of carbonyl (C=O) groups is 1. The largest absolute Gasteiger partial charge is 0.464 e. The standard InChI is InChI=1S/C9H18NO2/c1-4-9(11)12-8-7-10(5-2)6-3/h1,4-8H2,2-3H3. The number of nitrogens with zero attached hydrogens (tertiary/aromatic N) is 1. The highest BCUT2D eigenvalue weighted by Gasteiger charge is 2.01. The van der Waals surface area contributed by atoms with Crippen molar-refractivity contribution in [2.45, 2.75) is 20.3 Å². The van der Waals surface area contributed by atoms with Crippen LogP contribution in [-0.4, -0.2) is 37.1 Å². The maximum absolute atomic E-state index is 10.7. The second kappa shape index (κ2) is 7.10. The number of rotatable bonds is 6. The molecule has 3 nitrogen and oxygen atoms in total.